The van der Waals surface area contributed by atoms with Gasteiger partial charge >= 0.3 is 5.69 Å². The summed E-state index contributed by atoms with van der Waals surface area (Å²) in [4.78, 5) is 44.3. The summed E-state index contributed by atoms with van der Waals surface area (Å²) < 4.78 is 2.29. The van der Waals surface area contributed by atoms with E-state index in [0.717, 1.165) is 9.44 Å². The van der Waals surface area contributed by atoms with Crippen LogP contribution in [0.5, 0.6) is 0 Å². The second-order valence-electron chi connectivity index (χ2n) is 6.51. The van der Waals surface area contributed by atoms with Crippen molar-refractivity contribution in [2.45, 2.75) is 6.04 Å². The van der Waals surface area contributed by atoms with Gasteiger partial charge in [0.1, 0.15) is 5.65 Å². The van der Waals surface area contributed by atoms with E-state index in [4.69, 9.17) is 0 Å². The van der Waals surface area contributed by atoms with Gasteiger partial charge in [-0.15, -0.1) is 11.3 Å². The number of hydrogen-bond acceptors (Lipinski definition) is 6. The van der Waals surface area contributed by atoms with Gasteiger partial charge in [0, 0.05) is 31.7 Å². The lowest BCUT2D eigenvalue weighted by Crippen LogP contribution is -2.37. The van der Waals surface area contributed by atoms with Crippen LogP contribution in [-0.4, -0.2) is 45.6 Å². The predicted molar refractivity (Wildman–Crippen MR) is 105 cm³/mol. The number of rotatable bonds is 5. The third-order valence-electron chi connectivity index (χ3n) is 4.51. The first-order chi connectivity index (χ1) is 12.8. The maximum Gasteiger partial charge on any atom is 0.332 e. The quantitative estimate of drug-likeness (QED) is 0.697. The van der Waals surface area contributed by atoms with Gasteiger partial charge in [0.25, 0.3) is 11.5 Å². The summed E-state index contributed by atoms with van der Waals surface area (Å²) in [5.41, 5.74) is -0.395. The highest BCUT2D eigenvalue weighted by molar-refractivity contribution is 7.10. The maximum absolute atomic E-state index is 12.6. The van der Waals surface area contributed by atoms with Crippen molar-refractivity contribution in [1.82, 2.24) is 24.3 Å². The zero-order chi connectivity index (χ0) is 19.7. The molecule has 0 aliphatic rings. The fourth-order valence-corrected chi connectivity index (χ4v) is 3.82. The number of carbonyl (C=O) groups excluding carboxylic acids is 1. The third-order valence-corrected chi connectivity index (χ3v) is 5.48. The Hall–Kier alpha value is -2.78. The Morgan fingerprint density at radius 3 is 2.67 bits per heavy atom. The minimum absolute atomic E-state index is 0.0519. The molecule has 1 amide bonds. The number of fused-ring (bicyclic) bond motifs is 1. The predicted octanol–water partition coefficient (Wildman–Crippen LogP) is 0.726. The van der Waals surface area contributed by atoms with Crippen molar-refractivity contribution in [2.24, 2.45) is 14.1 Å². The van der Waals surface area contributed by atoms with E-state index in [1.165, 1.54) is 23.9 Å². The Balaban J connectivity index is 1.88. The minimum atomic E-state index is -0.472. The van der Waals surface area contributed by atoms with Crippen LogP contribution in [0.1, 0.15) is 21.3 Å². The van der Waals surface area contributed by atoms with E-state index in [2.05, 4.69) is 10.3 Å². The molecular formula is C18H21N5O3S. The van der Waals surface area contributed by atoms with E-state index < -0.39 is 11.2 Å². The third kappa shape index (κ3) is 3.56. The molecule has 0 aliphatic carbocycles. The molecule has 0 spiro atoms. The van der Waals surface area contributed by atoms with E-state index in [-0.39, 0.29) is 28.5 Å². The Bertz CT molecular complexity index is 1100. The zero-order valence-electron chi connectivity index (χ0n) is 15.6. The molecule has 8 nitrogen and oxygen atoms in total. The monoisotopic (exact) mass is 387 g/mol. The van der Waals surface area contributed by atoms with Crippen LogP contribution in [-0.2, 0) is 14.1 Å². The number of thiophene rings is 1. The summed E-state index contributed by atoms with van der Waals surface area (Å²) in [6.07, 6.45) is 1.38. The van der Waals surface area contributed by atoms with Gasteiger partial charge in [0.15, 0.2) is 0 Å². The molecule has 27 heavy (non-hydrogen) atoms. The molecule has 142 valence electrons. The van der Waals surface area contributed by atoms with E-state index in [9.17, 15) is 14.4 Å². The van der Waals surface area contributed by atoms with Crippen molar-refractivity contribution >= 4 is 28.3 Å². The van der Waals surface area contributed by atoms with Crippen LogP contribution in [0, 0.1) is 0 Å². The van der Waals surface area contributed by atoms with Gasteiger partial charge in [-0.25, -0.2) is 9.78 Å². The molecule has 0 saturated carbocycles. The number of carbonyl (C=O) groups is 1. The van der Waals surface area contributed by atoms with Gasteiger partial charge in [-0.1, -0.05) is 6.07 Å². The normalized spacial score (nSPS) is 12.5. The summed E-state index contributed by atoms with van der Waals surface area (Å²) >= 11 is 1.63. The van der Waals surface area contributed by atoms with Gasteiger partial charge < -0.3 is 10.2 Å². The lowest BCUT2D eigenvalue weighted by atomic mass is 10.2. The number of pyridine rings is 1. The van der Waals surface area contributed by atoms with Gasteiger partial charge in [0.2, 0.25) is 0 Å². The molecular weight excluding hydrogens is 366 g/mol. The molecule has 1 atom stereocenters. The van der Waals surface area contributed by atoms with E-state index in [1.807, 2.05) is 36.5 Å². The average Bonchev–Trinajstić information content (AvgIpc) is 3.18. The van der Waals surface area contributed by atoms with Gasteiger partial charge in [-0.2, -0.15) is 0 Å². The highest BCUT2D eigenvalue weighted by Crippen LogP contribution is 2.22. The highest BCUT2D eigenvalue weighted by atomic mass is 32.1. The van der Waals surface area contributed by atoms with Crippen LogP contribution in [0.3, 0.4) is 0 Å². The van der Waals surface area contributed by atoms with Gasteiger partial charge in [-0.05, 0) is 31.6 Å². The van der Waals surface area contributed by atoms with Crippen LogP contribution < -0.4 is 16.6 Å². The molecule has 0 saturated heterocycles. The van der Waals surface area contributed by atoms with E-state index >= 15 is 0 Å². The first-order valence-electron chi connectivity index (χ1n) is 8.35. The van der Waals surface area contributed by atoms with Gasteiger partial charge in [0.05, 0.1) is 17.0 Å². The fraction of sp³-hybridized carbons (Fsp3) is 0.333. The molecule has 1 N–H and O–H groups in total. The maximum atomic E-state index is 12.6. The lowest BCUT2D eigenvalue weighted by molar-refractivity contribution is 0.0942. The van der Waals surface area contributed by atoms with Crippen LogP contribution >= 0.6 is 11.3 Å². The summed E-state index contributed by atoms with van der Waals surface area (Å²) in [6, 6.07) is 5.54. The zero-order valence-corrected chi connectivity index (χ0v) is 16.4. The topological polar surface area (TPSA) is 89.2 Å². The number of amides is 1. The van der Waals surface area contributed by atoms with Crippen molar-refractivity contribution in [1.29, 1.82) is 0 Å². The Kier molecular flexibility index (Phi) is 5.24. The fourth-order valence-electron chi connectivity index (χ4n) is 2.90. The van der Waals surface area contributed by atoms with Gasteiger partial charge in [-0.3, -0.25) is 18.7 Å². The summed E-state index contributed by atoms with van der Waals surface area (Å²) in [6.45, 7) is 0.426. The van der Waals surface area contributed by atoms with E-state index in [1.54, 1.807) is 18.4 Å². The Morgan fingerprint density at radius 2 is 2.04 bits per heavy atom. The number of aryl methyl sites for hydroxylation is 1. The molecule has 9 heteroatoms. The minimum Gasteiger partial charge on any atom is -0.350 e. The first-order valence-corrected chi connectivity index (χ1v) is 9.23. The SMILES string of the molecule is CN(C)[C@@H](CNC(=O)c1cnc2c(c1)c(=O)n(C)c(=O)n2C)c1cccs1. The second kappa shape index (κ2) is 7.45. The lowest BCUT2D eigenvalue weighted by Gasteiger charge is -2.23. The summed E-state index contributed by atoms with van der Waals surface area (Å²) in [5.74, 6) is -0.316. The standard InChI is InChI=1S/C18H21N5O3S/c1-21(2)13(14-6-5-7-27-14)10-20-16(24)11-8-12-15(19-9-11)22(3)18(26)23(4)17(12)25/h5-9,13H,10H2,1-4H3,(H,20,24)/t13-/m0/s1. The van der Waals surface area contributed by atoms with Crippen LogP contribution in [0.15, 0.2) is 39.4 Å². The molecule has 3 heterocycles. The van der Waals surface area contributed by atoms with Crippen molar-refractivity contribution < 1.29 is 4.79 Å². The summed E-state index contributed by atoms with van der Waals surface area (Å²) in [5, 5.41) is 5.13. The largest absolute Gasteiger partial charge is 0.350 e. The van der Waals surface area contributed by atoms with Crippen molar-refractivity contribution in [3.05, 3.63) is 61.1 Å². The number of likely N-dealkylation sites (N-methyl/N-ethyl adjacent to an activating group) is 1. The average molecular weight is 387 g/mol. The molecule has 0 aliphatic heterocycles. The molecule has 0 bridgehead atoms. The number of nitrogens with one attached hydrogen (secondary N) is 1. The summed E-state index contributed by atoms with van der Waals surface area (Å²) in [7, 11) is 6.86. The Morgan fingerprint density at radius 1 is 1.30 bits per heavy atom. The van der Waals surface area contributed by atoms with Crippen molar-refractivity contribution in [2.75, 3.05) is 20.6 Å². The molecule has 0 unspecified atom stereocenters. The number of hydrogen-bond donors (Lipinski definition) is 1. The smallest absolute Gasteiger partial charge is 0.332 e. The van der Waals surface area contributed by atoms with Crippen LogP contribution in [0.2, 0.25) is 0 Å². The molecule has 0 fully saturated rings. The molecule has 3 aromatic heterocycles. The second-order valence-corrected chi connectivity index (χ2v) is 7.49. The van der Waals surface area contributed by atoms with Crippen molar-refractivity contribution in [3.63, 3.8) is 0 Å². The van der Waals surface area contributed by atoms with Crippen molar-refractivity contribution in [3.8, 4) is 0 Å². The number of nitrogens with zero attached hydrogens (tertiary/aromatic N) is 4. The highest BCUT2D eigenvalue weighted by Gasteiger charge is 2.18. The molecule has 3 aromatic rings. The Labute approximate surface area is 159 Å². The first kappa shape index (κ1) is 19.0. The van der Waals surface area contributed by atoms with Crippen LogP contribution in [0.4, 0.5) is 0 Å². The molecule has 0 aromatic carbocycles. The molecule has 3 rings (SSSR count). The van der Waals surface area contributed by atoms with E-state index in [0.29, 0.717) is 6.54 Å². The number of aromatic nitrogens is 3. The molecule has 0 radical (unpaired) electrons. The van der Waals surface area contributed by atoms with Crippen LogP contribution in [0.25, 0.3) is 11.0 Å².